The van der Waals surface area contributed by atoms with Crippen molar-refractivity contribution in [2.75, 3.05) is 23.4 Å². The molecule has 6 heteroatoms. The quantitative estimate of drug-likeness (QED) is 0.774. The standard InChI is InChI=1S/C18H23N3O2S/c1-18(2)8-13(20-12-6-4-11(19-3)5-7-12)16-14(9-18)21-15(10-24-16)17(22)23/h4-7,15,19-20H,8-10H2,1-3H3,(H,22,23). The largest absolute Gasteiger partial charge is 0.480 e. The fourth-order valence-electron chi connectivity index (χ4n) is 3.11. The molecule has 1 heterocycles. The van der Waals surface area contributed by atoms with Crippen molar-refractivity contribution >= 4 is 34.8 Å². The number of carbonyl (C=O) groups is 1. The number of hydrogen-bond donors (Lipinski definition) is 3. The maximum Gasteiger partial charge on any atom is 0.329 e. The molecule has 0 fully saturated rings. The van der Waals surface area contributed by atoms with Crippen LogP contribution in [0.5, 0.6) is 0 Å². The Hall–Kier alpha value is -1.95. The van der Waals surface area contributed by atoms with E-state index in [4.69, 9.17) is 0 Å². The van der Waals surface area contributed by atoms with Gasteiger partial charge >= 0.3 is 5.97 Å². The molecule has 5 nitrogen and oxygen atoms in total. The Kier molecular flexibility index (Phi) is 4.58. The molecule has 3 rings (SSSR count). The Morgan fingerprint density at radius 2 is 1.92 bits per heavy atom. The minimum Gasteiger partial charge on any atom is -0.480 e. The van der Waals surface area contributed by atoms with Crippen LogP contribution in [0.25, 0.3) is 0 Å². The lowest BCUT2D eigenvalue weighted by atomic mass is 9.78. The van der Waals surface area contributed by atoms with E-state index in [1.165, 1.54) is 0 Å². The summed E-state index contributed by atoms with van der Waals surface area (Å²) in [4.78, 5) is 16.9. The molecule has 0 aromatic heterocycles. The summed E-state index contributed by atoms with van der Waals surface area (Å²) in [6.07, 6.45) is 1.75. The highest BCUT2D eigenvalue weighted by atomic mass is 32.2. The average Bonchev–Trinajstić information content (AvgIpc) is 2.54. The maximum atomic E-state index is 11.3. The molecule has 1 aliphatic carbocycles. The maximum absolute atomic E-state index is 11.3. The molecule has 0 saturated heterocycles. The van der Waals surface area contributed by atoms with Crippen molar-refractivity contribution in [3.8, 4) is 0 Å². The van der Waals surface area contributed by atoms with Crippen molar-refractivity contribution in [2.24, 2.45) is 10.4 Å². The third kappa shape index (κ3) is 3.59. The highest BCUT2D eigenvalue weighted by molar-refractivity contribution is 8.04. The lowest BCUT2D eigenvalue weighted by Crippen LogP contribution is -2.34. The number of hydrogen-bond acceptors (Lipinski definition) is 5. The van der Waals surface area contributed by atoms with Gasteiger partial charge < -0.3 is 15.7 Å². The van der Waals surface area contributed by atoms with E-state index in [0.29, 0.717) is 5.75 Å². The summed E-state index contributed by atoms with van der Waals surface area (Å²) < 4.78 is 0. The first kappa shape index (κ1) is 16.9. The van der Waals surface area contributed by atoms with Crippen LogP contribution >= 0.6 is 11.8 Å². The van der Waals surface area contributed by atoms with E-state index < -0.39 is 12.0 Å². The molecule has 1 unspecified atom stereocenters. The van der Waals surface area contributed by atoms with Crippen molar-refractivity contribution in [1.29, 1.82) is 0 Å². The smallest absolute Gasteiger partial charge is 0.329 e. The van der Waals surface area contributed by atoms with Gasteiger partial charge in [0.25, 0.3) is 0 Å². The second-order valence-corrected chi connectivity index (χ2v) is 8.05. The molecule has 0 bridgehead atoms. The molecule has 0 spiro atoms. The van der Waals surface area contributed by atoms with Crippen LogP contribution in [-0.4, -0.2) is 35.6 Å². The molecule has 2 aliphatic rings. The number of carboxylic acids is 1. The molecule has 1 atom stereocenters. The van der Waals surface area contributed by atoms with E-state index >= 15 is 0 Å². The second-order valence-electron chi connectivity index (χ2n) is 7.02. The van der Waals surface area contributed by atoms with Crippen molar-refractivity contribution < 1.29 is 9.90 Å². The predicted octanol–water partition coefficient (Wildman–Crippen LogP) is 3.81. The minimum atomic E-state index is -0.838. The van der Waals surface area contributed by atoms with Crippen LogP contribution in [-0.2, 0) is 4.79 Å². The minimum absolute atomic E-state index is 0.0660. The Labute approximate surface area is 146 Å². The van der Waals surface area contributed by atoms with E-state index in [1.807, 2.05) is 31.3 Å². The van der Waals surface area contributed by atoms with Gasteiger partial charge in [-0.15, -0.1) is 11.8 Å². The van der Waals surface area contributed by atoms with Gasteiger partial charge in [-0.3, -0.25) is 4.99 Å². The van der Waals surface area contributed by atoms with Gasteiger partial charge in [0.1, 0.15) is 0 Å². The molecular formula is C18H23N3O2S. The number of rotatable bonds is 4. The SMILES string of the molecule is CNc1ccc(NC2=C3SCC(C(=O)O)N=C3CC(C)(C)C2)cc1. The van der Waals surface area contributed by atoms with E-state index in [-0.39, 0.29) is 5.41 Å². The molecule has 128 valence electrons. The van der Waals surface area contributed by atoms with Crippen LogP contribution in [0.4, 0.5) is 11.4 Å². The Morgan fingerprint density at radius 3 is 2.54 bits per heavy atom. The molecule has 0 amide bonds. The van der Waals surface area contributed by atoms with Crippen LogP contribution in [0.15, 0.2) is 39.9 Å². The van der Waals surface area contributed by atoms with E-state index in [1.54, 1.807) is 11.8 Å². The molecular weight excluding hydrogens is 322 g/mol. The van der Waals surface area contributed by atoms with E-state index in [0.717, 1.165) is 40.5 Å². The van der Waals surface area contributed by atoms with Gasteiger partial charge in [0.05, 0.1) is 5.71 Å². The molecule has 24 heavy (non-hydrogen) atoms. The van der Waals surface area contributed by atoms with Gasteiger partial charge in [0.2, 0.25) is 0 Å². The predicted molar refractivity (Wildman–Crippen MR) is 101 cm³/mol. The summed E-state index contributed by atoms with van der Waals surface area (Å²) in [5.74, 6) is -0.340. The number of allylic oxidation sites excluding steroid dienone is 2. The average molecular weight is 345 g/mol. The van der Waals surface area contributed by atoms with Gasteiger partial charge in [0, 0.05) is 34.8 Å². The van der Waals surface area contributed by atoms with Crippen LogP contribution in [0, 0.1) is 5.41 Å². The highest BCUT2D eigenvalue weighted by Crippen LogP contribution is 2.43. The zero-order valence-corrected chi connectivity index (χ0v) is 15.0. The zero-order valence-electron chi connectivity index (χ0n) is 14.2. The van der Waals surface area contributed by atoms with Crippen molar-refractivity contribution in [3.63, 3.8) is 0 Å². The highest BCUT2D eigenvalue weighted by Gasteiger charge is 2.36. The molecule has 3 N–H and O–H groups in total. The molecule has 1 aromatic rings. The fourth-order valence-corrected chi connectivity index (χ4v) is 4.24. The lowest BCUT2D eigenvalue weighted by Gasteiger charge is -2.36. The summed E-state index contributed by atoms with van der Waals surface area (Å²) in [6, 6.07) is 7.53. The first-order valence-electron chi connectivity index (χ1n) is 8.08. The number of carboxylic acid groups (broad SMARTS) is 1. The summed E-state index contributed by atoms with van der Waals surface area (Å²) in [5.41, 5.74) is 4.26. The van der Waals surface area contributed by atoms with E-state index in [9.17, 15) is 9.90 Å². The van der Waals surface area contributed by atoms with Crippen LogP contribution in [0.3, 0.4) is 0 Å². The first-order valence-corrected chi connectivity index (χ1v) is 9.07. The number of benzene rings is 1. The third-order valence-electron chi connectivity index (χ3n) is 4.29. The van der Waals surface area contributed by atoms with Gasteiger partial charge in [-0.05, 0) is 42.5 Å². The Morgan fingerprint density at radius 1 is 1.25 bits per heavy atom. The van der Waals surface area contributed by atoms with Crippen molar-refractivity contribution in [1.82, 2.24) is 0 Å². The molecule has 1 aromatic carbocycles. The monoisotopic (exact) mass is 345 g/mol. The number of fused-ring (bicyclic) bond motifs is 1. The van der Waals surface area contributed by atoms with Crippen molar-refractivity contribution in [3.05, 3.63) is 34.9 Å². The Bertz CT molecular complexity index is 707. The van der Waals surface area contributed by atoms with Crippen LogP contribution in [0.1, 0.15) is 26.7 Å². The molecule has 1 aliphatic heterocycles. The number of thioether (sulfide) groups is 1. The molecule has 0 radical (unpaired) electrons. The van der Waals surface area contributed by atoms with Gasteiger partial charge in [-0.1, -0.05) is 13.8 Å². The van der Waals surface area contributed by atoms with Gasteiger partial charge in [-0.25, -0.2) is 4.79 Å². The van der Waals surface area contributed by atoms with E-state index in [2.05, 4.69) is 29.5 Å². The van der Waals surface area contributed by atoms with Gasteiger partial charge in [-0.2, -0.15) is 0 Å². The van der Waals surface area contributed by atoms with Crippen LogP contribution in [0.2, 0.25) is 0 Å². The third-order valence-corrected chi connectivity index (χ3v) is 5.54. The number of nitrogens with one attached hydrogen (secondary N) is 2. The summed E-state index contributed by atoms with van der Waals surface area (Å²) in [5, 5.41) is 15.9. The zero-order chi connectivity index (χ0) is 17.3. The summed E-state index contributed by atoms with van der Waals surface area (Å²) >= 11 is 1.61. The number of anilines is 2. The lowest BCUT2D eigenvalue weighted by molar-refractivity contribution is -0.137. The number of nitrogens with zero attached hydrogens (tertiary/aromatic N) is 1. The van der Waals surface area contributed by atoms with Crippen LogP contribution < -0.4 is 10.6 Å². The first-order chi connectivity index (χ1) is 11.4. The summed E-state index contributed by atoms with van der Waals surface area (Å²) in [6.45, 7) is 4.40. The topological polar surface area (TPSA) is 73.7 Å². The Balaban J connectivity index is 1.91. The summed E-state index contributed by atoms with van der Waals surface area (Å²) in [7, 11) is 1.90. The molecule has 0 saturated carbocycles. The number of aliphatic carboxylic acids is 1. The normalized spacial score (nSPS) is 22.5. The van der Waals surface area contributed by atoms with Gasteiger partial charge in [0.15, 0.2) is 6.04 Å². The number of aliphatic imine (C=N–C) groups is 1. The van der Waals surface area contributed by atoms with Crippen molar-refractivity contribution in [2.45, 2.75) is 32.7 Å². The fraction of sp³-hybridized carbons (Fsp3) is 0.444. The second kappa shape index (κ2) is 6.51.